The molecule has 1 N–H and O–H groups in total. The summed E-state index contributed by atoms with van der Waals surface area (Å²) >= 11 is 0. The van der Waals surface area contributed by atoms with Crippen LogP contribution in [0.3, 0.4) is 0 Å². The zero-order valence-electron chi connectivity index (χ0n) is 15.8. The highest BCUT2D eigenvalue weighted by molar-refractivity contribution is 6.05. The van der Waals surface area contributed by atoms with Crippen LogP contribution < -0.4 is 5.56 Å². The third-order valence-electron chi connectivity index (χ3n) is 7.43. The molecule has 2 aromatic rings. The van der Waals surface area contributed by atoms with E-state index in [9.17, 15) is 9.59 Å². The molecule has 7 rings (SSSR count). The van der Waals surface area contributed by atoms with Gasteiger partial charge in [-0.2, -0.15) is 0 Å². The number of hydrogen-bond donors (Lipinski definition) is 1. The second-order valence-corrected chi connectivity index (χ2v) is 9.46. The van der Waals surface area contributed by atoms with Crippen molar-refractivity contribution < 1.29 is 4.79 Å². The number of nitrogens with zero attached hydrogens (tertiary/aromatic N) is 3. The van der Waals surface area contributed by atoms with Crippen LogP contribution in [0.4, 0.5) is 0 Å². The maximum absolute atomic E-state index is 13.7. The van der Waals surface area contributed by atoms with Gasteiger partial charge >= 0.3 is 0 Å². The van der Waals surface area contributed by atoms with Gasteiger partial charge in [-0.3, -0.25) is 19.4 Å². The van der Waals surface area contributed by atoms with Gasteiger partial charge in [0.2, 0.25) is 0 Å². The highest BCUT2D eigenvalue weighted by atomic mass is 16.2. The topological polar surface area (TPSA) is 71.0 Å². The van der Waals surface area contributed by atoms with Gasteiger partial charge in [0.05, 0.1) is 10.9 Å². The third-order valence-corrected chi connectivity index (χ3v) is 7.43. The van der Waals surface area contributed by atoms with E-state index >= 15 is 0 Å². The van der Waals surface area contributed by atoms with E-state index in [0.717, 1.165) is 49.8 Å². The first kappa shape index (κ1) is 15.9. The van der Waals surface area contributed by atoms with Gasteiger partial charge in [-0.05, 0) is 68.8 Å². The van der Waals surface area contributed by atoms with Crippen LogP contribution in [-0.4, -0.2) is 38.2 Å². The lowest BCUT2D eigenvalue weighted by Crippen LogP contribution is -2.42. The number of carbonyl (C=O) groups is 1. The van der Waals surface area contributed by atoms with Crippen LogP contribution in [0, 0.1) is 17.8 Å². The monoisotopic (exact) mass is 366 g/mol. The van der Waals surface area contributed by atoms with Crippen LogP contribution in [-0.2, 0) is 7.05 Å². The number of nitrogens with one attached hydrogen (secondary N) is 1. The summed E-state index contributed by atoms with van der Waals surface area (Å²) in [6.07, 6.45) is 8.47. The van der Waals surface area contributed by atoms with Gasteiger partial charge in [0.15, 0.2) is 5.65 Å². The number of fused-ring (bicyclic) bond motifs is 2. The molecule has 2 aliphatic heterocycles. The van der Waals surface area contributed by atoms with Crippen molar-refractivity contribution in [2.24, 2.45) is 24.8 Å². The molecule has 3 saturated carbocycles. The molecule has 2 unspecified atom stereocenters. The summed E-state index contributed by atoms with van der Waals surface area (Å²) in [4.78, 5) is 33.1. The van der Waals surface area contributed by atoms with Crippen LogP contribution in [0.2, 0.25) is 0 Å². The molecular formula is C21H26N4O2. The summed E-state index contributed by atoms with van der Waals surface area (Å²) in [7, 11) is 1.80. The number of carbonyl (C=O) groups excluding carboxylic acids is 1. The van der Waals surface area contributed by atoms with Crippen molar-refractivity contribution in [1.29, 1.82) is 0 Å². The van der Waals surface area contributed by atoms with Crippen LogP contribution in [0.15, 0.2) is 10.9 Å². The number of aromatic amines is 1. The quantitative estimate of drug-likeness (QED) is 0.888. The number of H-pyrrole nitrogens is 1. The molecule has 2 atom stereocenters. The van der Waals surface area contributed by atoms with Gasteiger partial charge in [-0.25, -0.2) is 4.98 Å². The summed E-state index contributed by atoms with van der Waals surface area (Å²) in [5, 5.41) is 3.27. The first-order chi connectivity index (χ1) is 13.1. The van der Waals surface area contributed by atoms with Crippen molar-refractivity contribution >= 4 is 16.9 Å². The van der Waals surface area contributed by atoms with Gasteiger partial charge < -0.3 is 4.90 Å². The molecule has 6 nitrogen and oxygen atoms in total. The van der Waals surface area contributed by atoms with Gasteiger partial charge in [0, 0.05) is 31.2 Å². The fourth-order valence-corrected chi connectivity index (χ4v) is 6.22. The van der Waals surface area contributed by atoms with E-state index in [1.165, 1.54) is 19.3 Å². The highest BCUT2D eigenvalue weighted by Gasteiger charge is 2.44. The lowest BCUT2D eigenvalue weighted by atomic mass is 9.68. The van der Waals surface area contributed by atoms with Crippen molar-refractivity contribution in [3.8, 4) is 0 Å². The molecule has 0 spiro atoms. The number of hydrogen-bond acceptors (Lipinski definition) is 3. The molecular weight excluding hydrogens is 340 g/mol. The van der Waals surface area contributed by atoms with E-state index in [4.69, 9.17) is 4.98 Å². The first-order valence-electron chi connectivity index (χ1n) is 10.5. The largest absolute Gasteiger partial charge is 0.335 e. The standard InChI is InChI=1S/C21H26N4O2/c1-24-19-18(20(26)23-24)16(9-17(22-19)14-2-3-14)21(27)25-10-13-5-11-4-12(6-13)8-15(25)7-11/h9,11-15H,2-8,10H2,1H3,(H,23,26). The van der Waals surface area contributed by atoms with Crippen molar-refractivity contribution in [2.45, 2.75) is 56.9 Å². The summed E-state index contributed by atoms with van der Waals surface area (Å²) in [5.74, 6) is 2.73. The molecule has 1 amide bonds. The summed E-state index contributed by atoms with van der Waals surface area (Å²) in [6, 6.07) is 2.27. The van der Waals surface area contributed by atoms with Crippen molar-refractivity contribution in [3.63, 3.8) is 0 Å². The minimum Gasteiger partial charge on any atom is -0.335 e. The fourth-order valence-electron chi connectivity index (χ4n) is 6.22. The maximum atomic E-state index is 13.7. The number of aryl methyl sites for hydroxylation is 1. The van der Waals surface area contributed by atoms with E-state index in [1.807, 2.05) is 6.07 Å². The molecule has 5 aliphatic rings. The van der Waals surface area contributed by atoms with E-state index in [-0.39, 0.29) is 11.5 Å². The summed E-state index contributed by atoms with van der Waals surface area (Å²) in [5.41, 5.74) is 1.96. The third kappa shape index (κ3) is 2.41. The number of amides is 1. The number of aromatic nitrogens is 3. The first-order valence-corrected chi connectivity index (χ1v) is 10.5. The molecule has 5 fully saturated rings. The number of pyridine rings is 1. The van der Waals surface area contributed by atoms with Crippen LogP contribution >= 0.6 is 0 Å². The van der Waals surface area contributed by atoms with Crippen molar-refractivity contribution in [2.75, 3.05) is 6.54 Å². The molecule has 4 heterocycles. The average Bonchev–Trinajstić information content (AvgIpc) is 3.46. The molecule has 2 aromatic heterocycles. The Morgan fingerprint density at radius 2 is 1.81 bits per heavy atom. The van der Waals surface area contributed by atoms with E-state index in [0.29, 0.717) is 34.5 Å². The summed E-state index contributed by atoms with van der Waals surface area (Å²) < 4.78 is 1.66. The number of rotatable bonds is 2. The van der Waals surface area contributed by atoms with Gasteiger partial charge in [0.1, 0.15) is 0 Å². The second-order valence-electron chi connectivity index (χ2n) is 9.46. The Bertz CT molecular complexity index is 988. The zero-order chi connectivity index (χ0) is 18.3. The minimum absolute atomic E-state index is 0.0548. The Hall–Kier alpha value is -2.11. The van der Waals surface area contributed by atoms with Crippen molar-refractivity contribution in [1.82, 2.24) is 19.7 Å². The molecule has 3 aliphatic carbocycles. The van der Waals surface area contributed by atoms with Gasteiger partial charge in [0.25, 0.3) is 11.5 Å². The Kier molecular flexibility index (Phi) is 3.21. The SMILES string of the molecule is Cn1[nH]c(=O)c2c(C(=O)N3CC4CC5CC(C4)CC3C5)cc(C3CC3)nc21. The molecule has 142 valence electrons. The fraction of sp³-hybridized carbons (Fsp3) is 0.667. The second kappa shape index (κ2) is 5.46. The Morgan fingerprint density at radius 3 is 2.52 bits per heavy atom. The highest BCUT2D eigenvalue weighted by Crippen LogP contribution is 2.48. The molecule has 6 heteroatoms. The van der Waals surface area contributed by atoms with Crippen LogP contribution in [0.25, 0.3) is 11.0 Å². The molecule has 2 saturated heterocycles. The summed E-state index contributed by atoms with van der Waals surface area (Å²) in [6.45, 7) is 0.865. The molecule has 0 aromatic carbocycles. The van der Waals surface area contributed by atoms with Crippen LogP contribution in [0.1, 0.15) is 66.9 Å². The molecule has 4 bridgehead atoms. The zero-order valence-corrected chi connectivity index (χ0v) is 15.8. The lowest BCUT2D eigenvalue weighted by Gasteiger charge is -2.39. The van der Waals surface area contributed by atoms with E-state index < -0.39 is 0 Å². The van der Waals surface area contributed by atoms with E-state index in [1.54, 1.807) is 11.7 Å². The predicted octanol–water partition coefficient (Wildman–Crippen LogP) is 2.79. The van der Waals surface area contributed by atoms with Gasteiger partial charge in [-0.15, -0.1) is 0 Å². The average molecular weight is 366 g/mol. The normalized spacial score (nSPS) is 32.3. The van der Waals surface area contributed by atoms with Crippen LogP contribution in [0.5, 0.6) is 0 Å². The lowest BCUT2D eigenvalue weighted by molar-refractivity contribution is 0.0634. The molecule has 27 heavy (non-hydrogen) atoms. The Morgan fingerprint density at radius 1 is 1.11 bits per heavy atom. The van der Waals surface area contributed by atoms with E-state index in [2.05, 4.69) is 10.00 Å². The Balaban J connectivity index is 1.47. The van der Waals surface area contributed by atoms with Crippen molar-refractivity contribution in [3.05, 3.63) is 27.7 Å². The Labute approximate surface area is 157 Å². The maximum Gasteiger partial charge on any atom is 0.274 e. The smallest absolute Gasteiger partial charge is 0.274 e. The van der Waals surface area contributed by atoms with Gasteiger partial charge in [-0.1, -0.05) is 0 Å². The minimum atomic E-state index is -0.202. The molecule has 0 radical (unpaired) electrons. The predicted molar refractivity (Wildman–Crippen MR) is 102 cm³/mol.